The van der Waals surface area contributed by atoms with Crippen LogP contribution in [0.2, 0.25) is 10.0 Å². The number of nitriles is 1. The fourth-order valence-corrected chi connectivity index (χ4v) is 1.90. The van der Waals surface area contributed by atoms with Crippen molar-refractivity contribution in [3.63, 3.8) is 0 Å². The van der Waals surface area contributed by atoms with Crippen LogP contribution in [-0.4, -0.2) is 6.54 Å². The largest absolute Gasteiger partial charge is 0.309 e. The molecule has 0 aromatic heterocycles. The van der Waals surface area contributed by atoms with Gasteiger partial charge in [-0.05, 0) is 31.0 Å². The van der Waals surface area contributed by atoms with Crippen molar-refractivity contribution in [3.05, 3.63) is 33.8 Å². The average Bonchev–Trinajstić information content (AvgIpc) is 2.33. The molecule has 0 amide bonds. The number of nitrogens with zero attached hydrogens (tertiary/aromatic N) is 1. The van der Waals surface area contributed by atoms with E-state index in [4.69, 9.17) is 28.5 Å². The molecule has 4 heteroatoms. The van der Waals surface area contributed by atoms with E-state index in [0.29, 0.717) is 16.6 Å². The maximum absolute atomic E-state index is 8.74. The van der Waals surface area contributed by atoms with Gasteiger partial charge in [-0.2, -0.15) is 5.26 Å². The maximum atomic E-state index is 8.74. The molecular formula is C13H16Cl2N2. The highest BCUT2D eigenvalue weighted by Crippen LogP contribution is 2.26. The molecule has 0 bridgehead atoms. The maximum Gasteiger partial charge on any atom is 0.0666 e. The molecule has 2 nitrogen and oxygen atoms in total. The van der Waals surface area contributed by atoms with Gasteiger partial charge in [0, 0.05) is 12.6 Å². The van der Waals surface area contributed by atoms with E-state index in [1.807, 2.05) is 19.1 Å². The van der Waals surface area contributed by atoms with Crippen molar-refractivity contribution < 1.29 is 0 Å². The highest BCUT2D eigenvalue weighted by molar-refractivity contribution is 6.42. The summed E-state index contributed by atoms with van der Waals surface area (Å²) in [6, 6.07) is 8.06. The fraction of sp³-hybridized carbons (Fsp3) is 0.462. The van der Waals surface area contributed by atoms with E-state index in [0.717, 1.165) is 12.0 Å². The lowest BCUT2D eigenvalue weighted by Gasteiger charge is -2.18. The van der Waals surface area contributed by atoms with Crippen LogP contribution in [0.4, 0.5) is 0 Å². The first-order valence-corrected chi connectivity index (χ1v) is 6.42. The zero-order valence-corrected chi connectivity index (χ0v) is 11.5. The van der Waals surface area contributed by atoms with Gasteiger partial charge in [0.1, 0.15) is 0 Å². The molecular weight excluding hydrogens is 255 g/mol. The lowest BCUT2D eigenvalue weighted by Crippen LogP contribution is -2.25. The lowest BCUT2D eigenvalue weighted by atomic mass is 10.0. The van der Waals surface area contributed by atoms with E-state index in [9.17, 15) is 0 Å². The van der Waals surface area contributed by atoms with Gasteiger partial charge in [0.25, 0.3) is 0 Å². The Bertz CT molecular complexity index is 412. The number of benzene rings is 1. The van der Waals surface area contributed by atoms with Crippen LogP contribution in [0, 0.1) is 17.2 Å². The molecule has 1 rings (SSSR count). The van der Waals surface area contributed by atoms with Crippen molar-refractivity contribution in [2.45, 2.75) is 26.3 Å². The van der Waals surface area contributed by atoms with Crippen LogP contribution in [0.5, 0.6) is 0 Å². The van der Waals surface area contributed by atoms with E-state index in [1.165, 1.54) is 0 Å². The second kappa shape index (κ2) is 6.86. The summed E-state index contributed by atoms with van der Waals surface area (Å²) in [4.78, 5) is 0. The van der Waals surface area contributed by atoms with E-state index in [-0.39, 0.29) is 12.0 Å². The highest BCUT2D eigenvalue weighted by atomic mass is 35.5. The molecule has 0 radical (unpaired) electrons. The quantitative estimate of drug-likeness (QED) is 0.871. The molecule has 1 N–H and O–H groups in total. The van der Waals surface area contributed by atoms with Crippen molar-refractivity contribution in [2.24, 2.45) is 5.92 Å². The minimum atomic E-state index is 0.00632. The summed E-state index contributed by atoms with van der Waals surface area (Å²) in [5, 5.41) is 13.2. The van der Waals surface area contributed by atoms with Gasteiger partial charge in [-0.3, -0.25) is 0 Å². The summed E-state index contributed by atoms with van der Waals surface area (Å²) in [6.07, 6.45) is 0.941. The molecule has 1 aromatic carbocycles. The molecule has 1 aromatic rings. The third-order valence-corrected chi connectivity index (χ3v) is 3.38. The predicted octanol–water partition coefficient (Wildman–Crippen LogP) is 4.19. The number of nitrogens with one attached hydrogen (secondary N) is 1. The van der Waals surface area contributed by atoms with Crippen LogP contribution < -0.4 is 5.32 Å². The summed E-state index contributed by atoms with van der Waals surface area (Å²) in [6.45, 7) is 4.67. The van der Waals surface area contributed by atoms with Crippen LogP contribution in [0.25, 0.3) is 0 Å². The summed E-state index contributed by atoms with van der Waals surface area (Å²) in [5.41, 5.74) is 1.10. The summed E-state index contributed by atoms with van der Waals surface area (Å²) < 4.78 is 0. The summed E-state index contributed by atoms with van der Waals surface area (Å²) in [7, 11) is 0. The Kier molecular flexibility index (Phi) is 5.77. The minimum Gasteiger partial charge on any atom is -0.309 e. The van der Waals surface area contributed by atoms with Crippen molar-refractivity contribution in [3.8, 4) is 6.07 Å². The van der Waals surface area contributed by atoms with Crippen molar-refractivity contribution in [1.29, 1.82) is 5.26 Å². The van der Waals surface area contributed by atoms with Gasteiger partial charge in [0.15, 0.2) is 0 Å². The molecule has 0 heterocycles. The topological polar surface area (TPSA) is 35.8 Å². The van der Waals surface area contributed by atoms with Crippen LogP contribution in [0.15, 0.2) is 18.2 Å². The Morgan fingerprint density at radius 1 is 1.35 bits per heavy atom. The third kappa shape index (κ3) is 4.20. The molecule has 17 heavy (non-hydrogen) atoms. The molecule has 0 aliphatic rings. The molecule has 92 valence electrons. The van der Waals surface area contributed by atoms with Crippen molar-refractivity contribution in [2.75, 3.05) is 6.54 Å². The smallest absolute Gasteiger partial charge is 0.0666 e. The van der Waals surface area contributed by atoms with Crippen molar-refractivity contribution >= 4 is 23.2 Å². The van der Waals surface area contributed by atoms with E-state index >= 15 is 0 Å². The Hall–Kier alpha value is -0.750. The van der Waals surface area contributed by atoms with Crippen LogP contribution in [-0.2, 0) is 0 Å². The first kappa shape index (κ1) is 14.3. The first-order chi connectivity index (χ1) is 8.08. The summed E-state index contributed by atoms with van der Waals surface area (Å²) in [5.74, 6) is 0.00632. The Labute approximate surface area is 113 Å². The van der Waals surface area contributed by atoms with Crippen LogP contribution in [0.1, 0.15) is 31.9 Å². The Morgan fingerprint density at radius 2 is 2.06 bits per heavy atom. The SMILES string of the molecule is CCC(NCC(C)C#N)c1ccc(Cl)c(Cl)c1. The van der Waals surface area contributed by atoms with Gasteiger partial charge in [-0.1, -0.05) is 36.2 Å². The number of rotatable bonds is 5. The summed E-state index contributed by atoms with van der Waals surface area (Å²) >= 11 is 11.9. The van der Waals surface area contributed by atoms with Crippen LogP contribution >= 0.6 is 23.2 Å². The lowest BCUT2D eigenvalue weighted by molar-refractivity contribution is 0.488. The van der Waals surface area contributed by atoms with Gasteiger partial charge in [-0.15, -0.1) is 0 Å². The number of halogens is 2. The van der Waals surface area contributed by atoms with Gasteiger partial charge in [0.2, 0.25) is 0 Å². The molecule has 2 atom stereocenters. The molecule has 0 saturated carbocycles. The third-order valence-electron chi connectivity index (χ3n) is 2.65. The van der Waals surface area contributed by atoms with Crippen LogP contribution in [0.3, 0.4) is 0 Å². The molecule has 2 unspecified atom stereocenters. The molecule has 0 saturated heterocycles. The van der Waals surface area contributed by atoms with E-state index < -0.39 is 0 Å². The number of hydrogen-bond acceptors (Lipinski definition) is 2. The monoisotopic (exact) mass is 270 g/mol. The normalized spacial score (nSPS) is 14.1. The number of hydrogen-bond donors (Lipinski definition) is 1. The second-order valence-corrected chi connectivity index (χ2v) is 4.89. The molecule has 0 aliphatic carbocycles. The highest BCUT2D eigenvalue weighted by Gasteiger charge is 2.11. The van der Waals surface area contributed by atoms with E-state index in [1.54, 1.807) is 6.07 Å². The zero-order valence-electron chi connectivity index (χ0n) is 10.0. The zero-order chi connectivity index (χ0) is 12.8. The standard InChI is InChI=1S/C13H16Cl2N2/c1-3-13(17-8-9(2)7-16)10-4-5-11(14)12(15)6-10/h4-6,9,13,17H,3,8H2,1-2H3. The first-order valence-electron chi connectivity index (χ1n) is 5.66. The van der Waals surface area contributed by atoms with E-state index in [2.05, 4.69) is 18.3 Å². The van der Waals surface area contributed by atoms with Gasteiger partial charge in [0.05, 0.1) is 22.0 Å². The molecule has 0 fully saturated rings. The molecule has 0 spiro atoms. The molecule has 0 aliphatic heterocycles. The fourth-order valence-electron chi connectivity index (χ4n) is 1.59. The van der Waals surface area contributed by atoms with Crippen molar-refractivity contribution in [1.82, 2.24) is 5.32 Å². The van der Waals surface area contributed by atoms with Gasteiger partial charge >= 0.3 is 0 Å². The Morgan fingerprint density at radius 3 is 2.59 bits per heavy atom. The van der Waals surface area contributed by atoms with Gasteiger partial charge < -0.3 is 5.32 Å². The average molecular weight is 271 g/mol. The van der Waals surface area contributed by atoms with Gasteiger partial charge in [-0.25, -0.2) is 0 Å². The second-order valence-electron chi connectivity index (χ2n) is 4.07. The minimum absolute atomic E-state index is 0.00632. The Balaban J connectivity index is 2.73. The predicted molar refractivity (Wildman–Crippen MR) is 72.3 cm³/mol.